The van der Waals surface area contributed by atoms with Gasteiger partial charge >= 0.3 is 5.97 Å². The number of unbranched alkanes of at least 4 members (excludes halogenated alkanes) is 52. The highest BCUT2D eigenvalue weighted by Gasteiger charge is 2.18. The molecule has 76 heavy (non-hydrogen) atoms. The van der Waals surface area contributed by atoms with Crippen LogP contribution in [0.5, 0.6) is 0 Å². The lowest BCUT2D eigenvalue weighted by Crippen LogP contribution is -2.45. The lowest BCUT2D eigenvalue weighted by atomic mass is 10.0. The Hall–Kier alpha value is -1.66. The second-order valence-electron chi connectivity index (χ2n) is 23.9. The van der Waals surface area contributed by atoms with Gasteiger partial charge in [-0.3, -0.25) is 9.59 Å². The molecule has 6 heteroatoms. The van der Waals surface area contributed by atoms with Crippen LogP contribution < -0.4 is 5.32 Å². The lowest BCUT2D eigenvalue weighted by molar-refractivity contribution is -0.143. The predicted molar refractivity (Wildman–Crippen MR) is 333 cm³/mol. The molecule has 0 aliphatic carbocycles. The van der Waals surface area contributed by atoms with Gasteiger partial charge in [-0.25, -0.2) is 0 Å². The van der Waals surface area contributed by atoms with E-state index in [2.05, 4.69) is 31.3 Å². The fourth-order valence-electron chi connectivity index (χ4n) is 10.9. The molecule has 0 fully saturated rings. The maximum absolute atomic E-state index is 12.5. The van der Waals surface area contributed by atoms with Crippen molar-refractivity contribution in [1.82, 2.24) is 5.32 Å². The van der Waals surface area contributed by atoms with Crippen LogP contribution in [0.2, 0.25) is 0 Å². The van der Waals surface area contributed by atoms with Crippen molar-refractivity contribution in [2.24, 2.45) is 0 Å². The highest BCUT2D eigenvalue weighted by atomic mass is 16.5. The third kappa shape index (κ3) is 61.6. The SMILES string of the molecule is CCCCCCCCCCCCCCC/C=C/C(O)C(CO)NC(=O)CCCCCCCCCCCCCCCCC/C=C\CCCCCCCCCCCCCCOC(=O)CCCCCCCCCCCCCCC. The van der Waals surface area contributed by atoms with Crippen molar-refractivity contribution in [3.05, 3.63) is 24.3 Å². The summed E-state index contributed by atoms with van der Waals surface area (Å²) >= 11 is 0. The van der Waals surface area contributed by atoms with Gasteiger partial charge in [0.15, 0.2) is 0 Å². The van der Waals surface area contributed by atoms with Gasteiger partial charge in [0.25, 0.3) is 0 Å². The number of allylic oxidation sites excluding steroid dienone is 3. The molecule has 0 saturated carbocycles. The van der Waals surface area contributed by atoms with Gasteiger partial charge in [0.1, 0.15) is 0 Å². The Kier molecular flexibility index (Phi) is 64.4. The molecular formula is C70H135NO5. The standard InChI is InChI=1S/C70H135NO5/c1-3-5-7-9-11-13-15-17-35-39-42-46-50-54-58-62-68(73)67(66-72)71-69(74)63-59-55-51-47-43-40-36-33-31-29-27-25-23-21-19-18-20-22-24-26-28-30-32-34-37-41-45-49-53-57-61-65-76-70(75)64-60-56-52-48-44-38-16-14-12-10-8-6-4-2/h20,22,58,62,67-68,72-73H,3-19,21,23-57,59-61,63-66H2,1-2H3,(H,71,74)/b22-20-,62-58+. The van der Waals surface area contributed by atoms with Crippen LogP contribution in [0.4, 0.5) is 0 Å². The molecule has 0 radical (unpaired) electrons. The molecule has 2 atom stereocenters. The third-order valence-corrected chi connectivity index (χ3v) is 16.2. The van der Waals surface area contributed by atoms with Crippen LogP contribution >= 0.6 is 0 Å². The average Bonchev–Trinajstić information content (AvgIpc) is 3.42. The molecule has 0 bridgehead atoms. The predicted octanol–water partition coefficient (Wildman–Crippen LogP) is 22.1. The minimum atomic E-state index is -0.842. The molecule has 2 unspecified atom stereocenters. The number of rotatable bonds is 65. The molecule has 3 N–H and O–H groups in total. The smallest absolute Gasteiger partial charge is 0.305 e. The summed E-state index contributed by atoms with van der Waals surface area (Å²) in [6, 6.07) is -0.626. The van der Waals surface area contributed by atoms with E-state index >= 15 is 0 Å². The van der Waals surface area contributed by atoms with E-state index in [0.29, 0.717) is 19.4 Å². The van der Waals surface area contributed by atoms with Crippen molar-refractivity contribution >= 4 is 11.9 Å². The number of carbonyl (C=O) groups is 2. The van der Waals surface area contributed by atoms with Crippen LogP contribution in [-0.4, -0.2) is 47.4 Å². The summed E-state index contributed by atoms with van der Waals surface area (Å²) in [5.41, 5.74) is 0. The molecule has 0 aromatic carbocycles. The highest BCUT2D eigenvalue weighted by molar-refractivity contribution is 5.76. The van der Waals surface area contributed by atoms with Crippen molar-refractivity contribution in [3.8, 4) is 0 Å². The number of aliphatic hydroxyl groups excluding tert-OH is 2. The zero-order valence-electron chi connectivity index (χ0n) is 51.5. The van der Waals surface area contributed by atoms with Crippen molar-refractivity contribution in [2.45, 2.75) is 398 Å². The first-order valence-corrected chi connectivity index (χ1v) is 34.6. The van der Waals surface area contributed by atoms with Crippen LogP contribution in [0, 0.1) is 0 Å². The Morgan fingerprint density at radius 2 is 0.618 bits per heavy atom. The van der Waals surface area contributed by atoms with Gasteiger partial charge in [0.05, 0.1) is 25.4 Å². The van der Waals surface area contributed by atoms with Gasteiger partial charge in [-0.15, -0.1) is 0 Å². The number of hydrogen-bond acceptors (Lipinski definition) is 5. The van der Waals surface area contributed by atoms with Gasteiger partial charge in [-0.05, 0) is 57.8 Å². The molecule has 6 nitrogen and oxygen atoms in total. The van der Waals surface area contributed by atoms with Crippen LogP contribution in [0.3, 0.4) is 0 Å². The summed E-state index contributed by atoms with van der Waals surface area (Å²) in [5.74, 6) is -0.0441. The minimum absolute atomic E-state index is 0.0194. The first kappa shape index (κ1) is 74.3. The van der Waals surface area contributed by atoms with Crippen molar-refractivity contribution < 1.29 is 24.5 Å². The van der Waals surface area contributed by atoms with E-state index in [1.54, 1.807) is 6.08 Å². The molecule has 0 aliphatic rings. The van der Waals surface area contributed by atoms with Crippen molar-refractivity contribution in [2.75, 3.05) is 13.2 Å². The van der Waals surface area contributed by atoms with Crippen molar-refractivity contribution in [3.63, 3.8) is 0 Å². The number of aliphatic hydroxyl groups is 2. The number of amides is 1. The quantitative estimate of drug-likeness (QED) is 0.0320. The highest BCUT2D eigenvalue weighted by Crippen LogP contribution is 2.18. The average molecular weight is 1070 g/mol. The second-order valence-corrected chi connectivity index (χ2v) is 23.9. The Bertz CT molecular complexity index is 1190. The Labute approximate surface area is 475 Å². The van der Waals surface area contributed by atoms with Gasteiger partial charge in [-0.2, -0.15) is 0 Å². The second kappa shape index (κ2) is 65.9. The molecule has 450 valence electrons. The lowest BCUT2D eigenvalue weighted by Gasteiger charge is -2.20. The zero-order valence-corrected chi connectivity index (χ0v) is 51.5. The molecule has 1 amide bonds. The Morgan fingerprint density at radius 1 is 0.355 bits per heavy atom. The van der Waals surface area contributed by atoms with Gasteiger partial charge in [0, 0.05) is 12.8 Å². The molecule has 0 aliphatic heterocycles. The largest absolute Gasteiger partial charge is 0.466 e. The van der Waals surface area contributed by atoms with E-state index in [-0.39, 0.29) is 18.5 Å². The first-order chi connectivity index (χ1) is 37.5. The Morgan fingerprint density at radius 3 is 0.934 bits per heavy atom. The van der Waals surface area contributed by atoms with E-state index in [4.69, 9.17) is 4.74 Å². The van der Waals surface area contributed by atoms with Crippen molar-refractivity contribution in [1.29, 1.82) is 0 Å². The van der Waals surface area contributed by atoms with E-state index in [0.717, 1.165) is 38.5 Å². The summed E-state index contributed by atoms with van der Waals surface area (Å²) in [7, 11) is 0. The van der Waals surface area contributed by atoms with Crippen LogP contribution in [-0.2, 0) is 14.3 Å². The summed E-state index contributed by atoms with van der Waals surface area (Å²) in [6.07, 6.45) is 82.6. The van der Waals surface area contributed by atoms with E-state index in [9.17, 15) is 19.8 Å². The van der Waals surface area contributed by atoms with Gasteiger partial charge in [0.2, 0.25) is 5.91 Å². The fourth-order valence-corrected chi connectivity index (χ4v) is 10.9. The maximum Gasteiger partial charge on any atom is 0.305 e. The third-order valence-electron chi connectivity index (χ3n) is 16.2. The molecule has 0 saturated heterocycles. The van der Waals surface area contributed by atoms with Crippen LogP contribution in [0.25, 0.3) is 0 Å². The number of esters is 1. The minimum Gasteiger partial charge on any atom is -0.466 e. The normalized spacial score (nSPS) is 12.6. The van der Waals surface area contributed by atoms with E-state index in [1.165, 1.54) is 321 Å². The molecule has 0 aromatic heterocycles. The molecule has 0 rings (SSSR count). The summed E-state index contributed by atoms with van der Waals surface area (Å²) in [4.78, 5) is 24.5. The maximum atomic E-state index is 12.5. The van der Waals surface area contributed by atoms with Gasteiger partial charge < -0.3 is 20.3 Å². The zero-order chi connectivity index (χ0) is 55.0. The number of ether oxygens (including phenoxy) is 1. The fraction of sp³-hybridized carbons (Fsp3) is 0.914. The topological polar surface area (TPSA) is 95.9 Å². The van der Waals surface area contributed by atoms with Crippen LogP contribution in [0.15, 0.2) is 24.3 Å². The summed E-state index contributed by atoms with van der Waals surface area (Å²) in [5, 5.41) is 23.2. The molecule has 0 aromatic rings. The number of carbonyl (C=O) groups excluding carboxylic acids is 2. The molecule has 0 heterocycles. The first-order valence-electron chi connectivity index (χ1n) is 34.6. The number of hydrogen-bond donors (Lipinski definition) is 3. The van der Waals surface area contributed by atoms with Crippen LogP contribution in [0.1, 0.15) is 386 Å². The summed E-state index contributed by atoms with van der Waals surface area (Å²) < 4.78 is 5.49. The van der Waals surface area contributed by atoms with E-state index < -0.39 is 12.1 Å². The number of nitrogens with one attached hydrogen (secondary N) is 1. The monoisotopic (exact) mass is 1070 g/mol. The van der Waals surface area contributed by atoms with E-state index in [1.807, 2.05) is 6.08 Å². The molecular weight excluding hydrogens is 935 g/mol. The summed E-state index contributed by atoms with van der Waals surface area (Å²) in [6.45, 7) is 4.93. The Balaban J connectivity index is 3.37. The van der Waals surface area contributed by atoms with Gasteiger partial charge in [-0.1, -0.05) is 340 Å². The molecule has 0 spiro atoms.